The standard InChI is InChI=1S/C18H14O5S/c1-22-13-5-2-4-11(8-13)18-12(10-16(19)20)9-15(24-18)17(21)14-6-3-7-23-14/h2-9H,10H2,1H3,(H,19,20). The van der Waals surface area contributed by atoms with Gasteiger partial charge in [-0.3, -0.25) is 9.59 Å². The highest BCUT2D eigenvalue weighted by Gasteiger charge is 2.20. The first kappa shape index (κ1) is 16.0. The summed E-state index contributed by atoms with van der Waals surface area (Å²) in [4.78, 5) is 24.8. The molecule has 6 heteroatoms. The van der Waals surface area contributed by atoms with Crippen molar-refractivity contribution in [1.29, 1.82) is 0 Å². The van der Waals surface area contributed by atoms with Crippen LogP contribution in [0.15, 0.2) is 53.1 Å². The fourth-order valence-corrected chi connectivity index (χ4v) is 3.49. The summed E-state index contributed by atoms with van der Waals surface area (Å²) < 4.78 is 10.4. The minimum absolute atomic E-state index is 0.158. The molecule has 3 rings (SSSR count). The van der Waals surface area contributed by atoms with Crippen molar-refractivity contribution in [3.63, 3.8) is 0 Å². The molecule has 0 spiro atoms. The molecular formula is C18H14O5S. The van der Waals surface area contributed by atoms with Gasteiger partial charge in [-0.1, -0.05) is 12.1 Å². The Morgan fingerprint density at radius 3 is 2.71 bits per heavy atom. The molecule has 0 aliphatic carbocycles. The van der Waals surface area contributed by atoms with Crippen LogP contribution in [-0.2, 0) is 11.2 Å². The third-order valence-corrected chi connectivity index (χ3v) is 4.68. The SMILES string of the molecule is COc1cccc(-c2sc(C(=O)c3ccco3)cc2CC(=O)O)c1. The largest absolute Gasteiger partial charge is 0.497 e. The van der Waals surface area contributed by atoms with E-state index < -0.39 is 5.97 Å². The van der Waals surface area contributed by atoms with Gasteiger partial charge < -0.3 is 14.3 Å². The molecule has 122 valence electrons. The third kappa shape index (κ3) is 3.23. The van der Waals surface area contributed by atoms with Crippen molar-refractivity contribution in [1.82, 2.24) is 0 Å². The molecule has 0 saturated carbocycles. The lowest BCUT2D eigenvalue weighted by molar-refractivity contribution is -0.136. The topological polar surface area (TPSA) is 76.7 Å². The molecule has 1 aromatic carbocycles. The number of thiophene rings is 1. The van der Waals surface area contributed by atoms with E-state index in [4.69, 9.17) is 14.3 Å². The number of furan rings is 1. The Morgan fingerprint density at radius 1 is 1.21 bits per heavy atom. The van der Waals surface area contributed by atoms with Crippen molar-refractivity contribution < 1.29 is 23.8 Å². The van der Waals surface area contributed by atoms with E-state index in [1.54, 1.807) is 25.3 Å². The van der Waals surface area contributed by atoms with E-state index in [1.165, 1.54) is 17.6 Å². The highest BCUT2D eigenvalue weighted by atomic mass is 32.1. The van der Waals surface area contributed by atoms with Gasteiger partial charge in [-0.15, -0.1) is 11.3 Å². The molecule has 0 bridgehead atoms. The number of rotatable bonds is 6. The van der Waals surface area contributed by atoms with Crippen LogP contribution in [0.2, 0.25) is 0 Å². The third-order valence-electron chi connectivity index (χ3n) is 3.45. The second-order valence-electron chi connectivity index (χ2n) is 5.07. The Hall–Kier alpha value is -2.86. The molecule has 2 heterocycles. The van der Waals surface area contributed by atoms with Gasteiger partial charge in [-0.25, -0.2) is 0 Å². The zero-order valence-electron chi connectivity index (χ0n) is 12.8. The summed E-state index contributed by atoms with van der Waals surface area (Å²) in [5.74, 6) is -0.309. The fourth-order valence-electron chi connectivity index (χ4n) is 2.37. The van der Waals surface area contributed by atoms with Crippen LogP contribution >= 0.6 is 11.3 Å². The molecule has 0 atom stereocenters. The molecule has 2 aromatic heterocycles. The van der Waals surface area contributed by atoms with E-state index in [1.807, 2.05) is 24.3 Å². The molecule has 0 radical (unpaired) electrons. The number of benzene rings is 1. The summed E-state index contributed by atoms with van der Waals surface area (Å²) >= 11 is 1.25. The molecule has 24 heavy (non-hydrogen) atoms. The number of carbonyl (C=O) groups is 2. The number of methoxy groups -OCH3 is 1. The molecular weight excluding hydrogens is 328 g/mol. The van der Waals surface area contributed by atoms with Crippen LogP contribution in [0.25, 0.3) is 10.4 Å². The number of aliphatic carboxylic acids is 1. The smallest absolute Gasteiger partial charge is 0.307 e. The maximum absolute atomic E-state index is 12.5. The Kier molecular flexibility index (Phi) is 4.48. The van der Waals surface area contributed by atoms with E-state index in [-0.39, 0.29) is 18.0 Å². The lowest BCUT2D eigenvalue weighted by atomic mass is 10.1. The van der Waals surface area contributed by atoms with E-state index in [0.29, 0.717) is 16.2 Å². The van der Waals surface area contributed by atoms with Gasteiger partial charge in [0.1, 0.15) is 5.75 Å². The van der Waals surface area contributed by atoms with Crippen LogP contribution < -0.4 is 4.74 Å². The Bertz CT molecular complexity index is 877. The summed E-state index contributed by atoms with van der Waals surface area (Å²) in [6, 6.07) is 12.2. The average Bonchev–Trinajstić information content (AvgIpc) is 3.23. The monoisotopic (exact) mass is 342 g/mol. The summed E-state index contributed by atoms with van der Waals surface area (Å²) in [6.07, 6.45) is 1.27. The summed E-state index contributed by atoms with van der Waals surface area (Å²) in [5.41, 5.74) is 1.41. The predicted octanol–water partition coefficient (Wildman–Crippen LogP) is 3.87. The van der Waals surface area contributed by atoms with Crippen LogP contribution in [0.4, 0.5) is 0 Å². The normalized spacial score (nSPS) is 10.5. The molecule has 5 nitrogen and oxygen atoms in total. The van der Waals surface area contributed by atoms with Crippen LogP contribution in [0.3, 0.4) is 0 Å². The Balaban J connectivity index is 2.06. The van der Waals surface area contributed by atoms with Crippen molar-refractivity contribution >= 4 is 23.1 Å². The van der Waals surface area contributed by atoms with Crippen LogP contribution in [0.5, 0.6) is 5.75 Å². The van der Waals surface area contributed by atoms with Crippen molar-refractivity contribution in [3.8, 4) is 16.2 Å². The van der Waals surface area contributed by atoms with Crippen LogP contribution in [0.1, 0.15) is 21.0 Å². The summed E-state index contributed by atoms with van der Waals surface area (Å²) in [5, 5.41) is 9.15. The Labute approximate surface area is 142 Å². The first-order chi connectivity index (χ1) is 11.6. The predicted molar refractivity (Wildman–Crippen MR) is 89.8 cm³/mol. The molecule has 0 amide bonds. The minimum atomic E-state index is -0.950. The van der Waals surface area contributed by atoms with Gasteiger partial charge in [0.15, 0.2) is 5.76 Å². The molecule has 0 fully saturated rings. The molecule has 3 aromatic rings. The first-order valence-electron chi connectivity index (χ1n) is 7.15. The summed E-state index contributed by atoms with van der Waals surface area (Å²) in [6.45, 7) is 0. The van der Waals surface area contributed by atoms with Crippen LogP contribution in [0, 0.1) is 0 Å². The van der Waals surface area contributed by atoms with Gasteiger partial charge in [-0.05, 0) is 41.5 Å². The van der Waals surface area contributed by atoms with E-state index >= 15 is 0 Å². The second kappa shape index (κ2) is 6.72. The highest BCUT2D eigenvalue weighted by molar-refractivity contribution is 7.17. The zero-order chi connectivity index (χ0) is 17.1. The number of carboxylic acids is 1. The number of carbonyl (C=O) groups excluding carboxylic acids is 1. The maximum Gasteiger partial charge on any atom is 0.307 e. The van der Waals surface area contributed by atoms with Crippen molar-refractivity contribution in [3.05, 3.63) is 64.9 Å². The van der Waals surface area contributed by atoms with Gasteiger partial charge in [0, 0.05) is 4.88 Å². The van der Waals surface area contributed by atoms with Crippen molar-refractivity contribution in [2.45, 2.75) is 6.42 Å². The maximum atomic E-state index is 12.5. The molecule has 0 unspecified atom stereocenters. The highest BCUT2D eigenvalue weighted by Crippen LogP contribution is 2.36. The number of carboxylic acid groups (broad SMARTS) is 1. The lowest BCUT2D eigenvalue weighted by Gasteiger charge is -2.04. The van der Waals surface area contributed by atoms with Gasteiger partial charge in [0.25, 0.3) is 0 Å². The van der Waals surface area contributed by atoms with Crippen molar-refractivity contribution in [2.75, 3.05) is 7.11 Å². The molecule has 0 aliphatic heterocycles. The average molecular weight is 342 g/mol. The van der Waals surface area contributed by atoms with Gasteiger partial charge in [0.2, 0.25) is 5.78 Å². The molecule has 0 saturated heterocycles. The number of hydrogen-bond donors (Lipinski definition) is 1. The Morgan fingerprint density at radius 2 is 2.04 bits per heavy atom. The van der Waals surface area contributed by atoms with Crippen LogP contribution in [-0.4, -0.2) is 24.0 Å². The van der Waals surface area contributed by atoms with E-state index in [2.05, 4.69) is 0 Å². The van der Waals surface area contributed by atoms with Gasteiger partial charge >= 0.3 is 5.97 Å². The summed E-state index contributed by atoms with van der Waals surface area (Å²) in [7, 11) is 1.57. The number of hydrogen-bond acceptors (Lipinski definition) is 5. The quantitative estimate of drug-likeness (QED) is 0.688. The zero-order valence-corrected chi connectivity index (χ0v) is 13.6. The van der Waals surface area contributed by atoms with E-state index in [9.17, 15) is 9.59 Å². The van der Waals surface area contributed by atoms with Gasteiger partial charge in [0.05, 0.1) is 24.7 Å². The van der Waals surface area contributed by atoms with E-state index in [0.717, 1.165) is 10.4 Å². The molecule has 1 N–H and O–H groups in total. The van der Waals surface area contributed by atoms with Crippen molar-refractivity contribution in [2.24, 2.45) is 0 Å². The lowest BCUT2D eigenvalue weighted by Crippen LogP contribution is -2.00. The van der Waals surface area contributed by atoms with Gasteiger partial charge in [-0.2, -0.15) is 0 Å². The fraction of sp³-hybridized carbons (Fsp3) is 0.111. The number of ether oxygens (including phenoxy) is 1. The number of ketones is 1. The molecule has 0 aliphatic rings. The first-order valence-corrected chi connectivity index (χ1v) is 7.97. The second-order valence-corrected chi connectivity index (χ2v) is 6.13. The minimum Gasteiger partial charge on any atom is -0.497 e.